The minimum Gasteiger partial charge on any atom is -0.490 e. The first-order valence-electron chi connectivity index (χ1n) is 8.79. The molecule has 2 aromatic rings. The highest BCUT2D eigenvalue weighted by Gasteiger charge is 2.25. The van der Waals surface area contributed by atoms with Gasteiger partial charge in [-0.05, 0) is 37.5 Å². The molecule has 0 saturated heterocycles. The van der Waals surface area contributed by atoms with Gasteiger partial charge in [0.15, 0.2) is 5.96 Å². The third kappa shape index (κ3) is 4.66. The molecule has 1 atom stereocenters. The van der Waals surface area contributed by atoms with Crippen LogP contribution >= 0.6 is 24.0 Å². The van der Waals surface area contributed by atoms with E-state index in [1.165, 1.54) is 24.6 Å². The van der Waals surface area contributed by atoms with E-state index < -0.39 is 17.7 Å². The third-order valence-electron chi connectivity index (χ3n) is 4.67. The summed E-state index contributed by atoms with van der Waals surface area (Å²) in [4.78, 5) is 8.60. The van der Waals surface area contributed by atoms with Crippen molar-refractivity contribution in [3.63, 3.8) is 0 Å². The van der Waals surface area contributed by atoms with Crippen LogP contribution < -0.4 is 15.4 Å². The van der Waals surface area contributed by atoms with Gasteiger partial charge in [-0.1, -0.05) is 6.07 Å². The van der Waals surface area contributed by atoms with Gasteiger partial charge in [-0.25, -0.2) is 8.78 Å². The predicted molar refractivity (Wildman–Crippen MR) is 109 cm³/mol. The van der Waals surface area contributed by atoms with E-state index in [1.54, 1.807) is 6.20 Å². The Hall–Kier alpha value is -1.97. The lowest BCUT2D eigenvalue weighted by Gasteiger charge is -2.26. The fourth-order valence-corrected chi connectivity index (χ4v) is 3.03. The molecule has 4 rings (SSSR count). The largest absolute Gasteiger partial charge is 0.490 e. The Morgan fingerprint density at radius 2 is 1.96 bits per heavy atom. The molecule has 1 aliphatic carbocycles. The van der Waals surface area contributed by atoms with Gasteiger partial charge in [0, 0.05) is 17.8 Å². The second kappa shape index (κ2) is 8.81. The monoisotopic (exact) mass is 486 g/mol. The lowest BCUT2D eigenvalue weighted by atomic mass is 9.96. The second-order valence-corrected chi connectivity index (χ2v) is 6.53. The zero-order valence-electron chi connectivity index (χ0n) is 14.6. The Morgan fingerprint density at radius 3 is 2.67 bits per heavy atom. The van der Waals surface area contributed by atoms with Crippen LogP contribution in [0.15, 0.2) is 41.5 Å². The van der Waals surface area contributed by atoms with Gasteiger partial charge in [0.05, 0.1) is 30.9 Å². The summed E-state index contributed by atoms with van der Waals surface area (Å²) in [5.41, 5.74) is 0.828. The van der Waals surface area contributed by atoms with Crippen molar-refractivity contribution in [1.82, 2.24) is 15.6 Å². The molecule has 1 aromatic carbocycles. The van der Waals surface area contributed by atoms with E-state index in [0.29, 0.717) is 18.6 Å². The average molecular weight is 486 g/mol. The number of guanidine groups is 1. The maximum absolute atomic E-state index is 13.9. The quantitative estimate of drug-likeness (QED) is 0.634. The molecule has 1 aromatic heterocycles. The summed E-state index contributed by atoms with van der Waals surface area (Å²) >= 11 is 0. The van der Waals surface area contributed by atoms with E-state index in [9.17, 15) is 8.78 Å². The lowest BCUT2D eigenvalue weighted by molar-refractivity contribution is 0.120. The molecule has 1 saturated carbocycles. The molecule has 2 aliphatic rings. The van der Waals surface area contributed by atoms with E-state index in [0.717, 1.165) is 24.3 Å². The Kier molecular flexibility index (Phi) is 6.46. The number of halogens is 3. The van der Waals surface area contributed by atoms with E-state index in [1.807, 2.05) is 12.1 Å². The molecular weight excluding hydrogens is 465 g/mol. The Labute approximate surface area is 173 Å². The Balaban J connectivity index is 0.00000210. The van der Waals surface area contributed by atoms with Crippen molar-refractivity contribution >= 4 is 29.9 Å². The SMILES string of the molecule is Fc1cccc(F)c1C1CN=C(NCc2cc(OC3CCC3)ccn2)N1.I. The fraction of sp³-hybridized carbons (Fsp3) is 0.368. The average Bonchev–Trinajstić information content (AvgIpc) is 3.05. The molecule has 0 bridgehead atoms. The number of aliphatic imine (C=N–C) groups is 1. The highest BCUT2D eigenvalue weighted by atomic mass is 127. The molecule has 144 valence electrons. The molecule has 0 spiro atoms. The van der Waals surface area contributed by atoms with Crippen LogP contribution in [0.4, 0.5) is 8.78 Å². The van der Waals surface area contributed by atoms with E-state index in [2.05, 4.69) is 20.6 Å². The van der Waals surface area contributed by atoms with Gasteiger partial charge >= 0.3 is 0 Å². The molecular formula is C19H21F2IN4O. The van der Waals surface area contributed by atoms with E-state index in [4.69, 9.17) is 4.74 Å². The first kappa shape index (κ1) is 19.8. The number of benzene rings is 1. The van der Waals surface area contributed by atoms with Gasteiger partial charge in [0.1, 0.15) is 17.4 Å². The van der Waals surface area contributed by atoms with Crippen molar-refractivity contribution in [2.75, 3.05) is 6.54 Å². The smallest absolute Gasteiger partial charge is 0.192 e. The molecule has 0 amide bonds. The van der Waals surface area contributed by atoms with Crippen LogP contribution in [0.1, 0.15) is 36.6 Å². The number of nitrogens with one attached hydrogen (secondary N) is 2. The van der Waals surface area contributed by atoms with Crippen molar-refractivity contribution < 1.29 is 13.5 Å². The molecule has 2 heterocycles. The van der Waals surface area contributed by atoms with Gasteiger partial charge < -0.3 is 15.4 Å². The van der Waals surface area contributed by atoms with Crippen LogP contribution in [-0.2, 0) is 6.54 Å². The van der Waals surface area contributed by atoms with E-state index >= 15 is 0 Å². The minimum atomic E-state index is -0.568. The fourth-order valence-electron chi connectivity index (χ4n) is 3.03. The Morgan fingerprint density at radius 1 is 1.19 bits per heavy atom. The number of hydrogen-bond donors (Lipinski definition) is 2. The van der Waals surface area contributed by atoms with Gasteiger partial charge in [-0.15, -0.1) is 24.0 Å². The predicted octanol–water partition coefficient (Wildman–Crippen LogP) is 3.70. The van der Waals surface area contributed by atoms with Crippen molar-refractivity contribution in [1.29, 1.82) is 0 Å². The van der Waals surface area contributed by atoms with Gasteiger partial charge in [-0.2, -0.15) is 0 Å². The molecule has 0 radical (unpaired) electrons. The van der Waals surface area contributed by atoms with Crippen LogP contribution in [0.5, 0.6) is 5.75 Å². The highest BCUT2D eigenvalue weighted by molar-refractivity contribution is 14.0. The maximum Gasteiger partial charge on any atom is 0.192 e. The standard InChI is InChI=1S/C19H20F2N4O.HI/c20-15-5-2-6-16(21)18(15)17-11-24-19(25-17)23-10-12-9-14(7-8-22-12)26-13-3-1-4-13;/h2,5-9,13,17H,1,3-4,10-11H2,(H2,23,24,25);1H. The number of nitrogens with zero attached hydrogens (tertiary/aromatic N) is 2. The van der Waals surface area contributed by atoms with Crippen LogP contribution in [-0.4, -0.2) is 23.6 Å². The molecule has 2 N–H and O–H groups in total. The third-order valence-corrected chi connectivity index (χ3v) is 4.67. The Bertz CT molecular complexity index is 809. The van der Waals surface area contributed by atoms with Crippen LogP contribution in [0.25, 0.3) is 0 Å². The highest BCUT2D eigenvalue weighted by Crippen LogP contribution is 2.25. The van der Waals surface area contributed by atoms with Crippen LogP contribution in [0, 0.1) is 11.6 Å². The molecule has 27 heavy (non-hydrogen) atoms. The number of ether oxygens (including phenoxy) is 1. The van der Waals surface area contributed by atoms with Crippen molar-refractivity contribution in [3.8, 4) is 5.75 Å². The minimum absolute atomic E-state index is 0. The summed E-state index contributed by atoms with van der Waals surface area (Å²) in [6.45, 7) is 0.721. The van der Waals surface area contributed by atoms with Gasteiger partial charge in [0.2, 0.25) is 0 Å². The summed E-state index contributed by atoms with van der Waals surface area (Å²) in [5, 5.41) is 6.15. The normalized spacial score (nSPS) is 18.7. The summed E-state index contributed by atoms with van der Waals surface area (Å²) in [6.07, 6.45) is 5.46. The van der Waals surface area contributed by atoms with Gasteiger partial charge in [0.25, 0.3) is 0 Å². The van der Waals surface area contributed by atoms with Crippen molar-refractivity contribution in [2.24, 2.45) is 4.99 Å². The van der Waals surface area contributed by atoms with Crippen LogP contribution in [0.3, 0.4) is 0 Å². The van der Waals surface area contributed by atoms with E-state index in [-0.39, 0.29) is 36.1 Å². The van der Waals surface area contributed by atoms with Crippen molar-refractivity contribution in [3.05, 3.63) is 59.4 Å². The summed E-state index contributed by atoms with van der Waals surface area (Å²) < 4.78 is 33.6. The lowest BCUT2D eigenvalue weighted by Crippen LogP contribution is -2.35. The zero-order chi connectivity index (χ0) is 17.9. The topological polar surface area (TPSA) is 58.5 Å². The first-order chi connectivity index (χ1) is 12.7. The molecule has 1 fully saturated rings. The molecule has 8 heteroatoms. The molecule has 1 aliphatic heterocycles. The molecule has 5 nitrogen and oxygen atoms in total. The first-order valence-corrected chi connectivity index (χ1v) is 8.79. The summed E-state index contributed by atoms with van der Waals surface area (Å²) in [5.74, 6) is 0.182. The zero-order valence-corrected chi connectivity index (χ0v) is 17.0. The van der Waals surface area contributed by atoms with Crippen molar-refractivity contribution in [2.45, 2.75) is 38.0 Å². The van der Waals surface area contributed by atoms with Crippen LogP contribution in [0.2, 0.25) is 0 Å². The second-order valence-electron chi connectivity index (χ2n) is 6.53. The number of aromatic nitrogens is 1. The number of rotatable bonds is 5. The number of hydrogen-bond acceptors (Lipinski definition) is 5. The summed E-state index contributed by atoms with van der Waals surface area (Å²) in [6, 6.07) is 7.10. The van der Waals surface area contributed by atoms with Gasteiger partial charge in [-0.3, -0.25) is 9.98 Å². The summed E-state index contributed by atoms with van der Waals surface area (Å²) in [7, 11) is 0. The maximum atomic E-state index is 13.9. The number of pyridine rings is 1. The molecule has 1 unspecified atom stereocenters.